The fraction of sp³-hybridized carbons (Fsp3) is 0.200. The van der Waals surface area contributed by atoms with Crippen LogP contribution >= 0.6 is 11.6 Å². The Bertz CT molecular complexity index is 1090. The molecule has 0 aliphatic rings. The molecule has 3 nitrogen and oxygen atoms in total. The van der Waals surface area contributed by atoms with E-state index in [0.717, 1.165) is 46.0 Å². The van der Waals surface area contributed by atoms with Crippen LogP contribution in [0, 0.1) is 0 Å². The number of halogens is 1. The minimum atomic E-state index is 0.625. The van der Waals surface area contributed by atoms with E-state index in [0.29, 0.717) is 6.61 Å². The van der Waals surface area contributed by atoms with Crippen LogP contribution in [0.2, 0.25) is 5.02 Å². The van der Waals surface area contributed by atoms with Crippen molar-refractivity contribution in [3.63, 3.8) is 0 Å². The highest BCUT2D eigenvalue weighted by atomic mass is 35.5. The molecule has 0 bridgehead atoms. The fourth-order valence-electron chi connectivity index (χ4n) is 3.58. The molecule has 148 valence electrons. The highest BCUT2D eigenvalue weighted by Crippen LogP contribution is 2.41. The molecule has 3 aromatic carbocycles. The molecule has 4 rings (SSSR count). The van der Waals surface area contributed by atoms with Crippen LogP contribution in [0.1, 0.15) is 5.56 Å². The van der Waals surface area contributed by atoms with Gasteiger partial charge in [-0.25, -0.2) is 0 Å². The Kier molecular flexibility index (Phi) is 5.89. The lowest BCUT2D eigenvalue weighted by molar-refractivity contribution is 0.264. The lowest BCUT2D eigenvalue weighted by Gasteiger charge is -2.15. The Labute approximate surface area is 177 Å². The average Bonchev–Trinajstić information content (AvgIpc) is 3.02. The first-order valence-electron chi connectivity index (χ1n) is 9.82. The van der Waals surface area contributed by atoms with Gasteiger partial charge in [-0.15, -0.1) is 0 Å². The van der Waals surface area contributed by atoms with Gasteiger partial charge < -0.3 is 14.2 Å². The maximum atomic E-state index is 6.39. The van der Waals surface area contributed by atoms with Crippen LogP contribution in [0.25, 0.3) is 22.2 Å². The van der Waals surface area contributed by atoms with Crippen LogP contribution < -0.4 is 4.74 Å². The smallest absolute Gasteiger partial charge is 0.152 e. The Morgan fingerprint density at radius 2 is 1.59 bits per heavy atom. The summed E-state index contributed by atoms with van der Waals surface area (Å²) in [5, 5.41) is 1.81. The summed E-state index contributed by atoms with van der Waals surface area (Å²) in [6.45, 7) is 2.23. The zero-order valence-corrected chi connectivity index (χ0v) is 17.6. The number of hydrogen-bond donors (Lipinski definition) is 0. The second-order valence-corrected chi connectivity index (χ2v) is 7.87. The molecule has 29 heavy (non-hydrogen) atoms. The molecule has 0 aliphatic heterocycles. The van der Waals surface area contributed by atoms with Gasteiger partial charge in [-0.05, 0) is 37.9 Å². The van der Waals surface area contributed by atoms with E-state index in [9.17, 15) is 0 Å². The Balaban J connectivity index is 1.91. The molecule has 0 N–H and O–H groups in total. The predicted octanol–water partition coefficient (Wildman–Crippen LogP) is 5.95. The van der Waals surface area contributed by atoms with E-state index in [2.05, 4.69) is 78.2 Å². The molecule has 0 atom stereocenters. The van der Waals surface area contributed by atoms with Crippen molar-refractivity contribution in [3.8, 4) is 17.0 Å². The summed E-state index contributed by atoms with van der Waals surface area (Å²) in [5.74, 6) is 0.917. The Morgan fingerprint density at radius 1 is 0.897 bits per heavy atom. The van der Waals surface area contributed by atoms with Gasteiger partial charge >= 0.3 is 0 Å². The van der Waals surface area contributed by atoms with Crippen LogP contribution in [0.15, 0.2) is 78.9 Å². The van der Waals surface area contributed by atoms with Crippen molar-refractivity contribution in [1.82, 2.24) is 9.47 Å². The summed E-state index contributed by atoms with van der Waals surface area (Å²) in [4.78, 5) is 2.13. The number of hydrogen-bond acceptors (Lipinski definition) is 2. The minimum Gasteiger partial charge on any atom is -0.489 e. The molecule has 4 heteroatoms. The van der Waals surface area contributed by atoms with E-state index in [1.54, 1.807) is 0 Å². The highest BCUT2D eigenvalue weighted by molar-refractivity contribution is 6.31. The van der Waals surface area contributed by atoms with E-state index >= 15 is 0 Å². The van der Waals surface area contributed by atoms with Gasteiger partial charge in [-0.1, -0.05) is 72.3 Å². The normalized spacial score (nSPS) is 11.3. The topological polar surface area (TPSA) is 17.4 Å². The van der Waals surface area contributed by atoms with Gasteiger partial charge in [0.25, 0.3) is 0 Å². The number of fused-ring (bicyclic) bond motifs is 1. The first-order chi connectivity index (χ1) is 14.1. The van der Waals surface area contributed by atoms with Crippen LogP contribution in [-0.2, 0) is 6.54 Å². The Morgan fingerprint density at radius 3 is 2.28 bits per heavy atom. The minimum absolute atomic E-state index is 0.625. The zero-order chi connectivity index (χ0) is 20.2. The van der Waals surface area contributed by atoms with Crippen molar-refractivity contribution < 1.29 is 4.74 Å². The first kappa shape index (κ1) is 19.6. The molecule has 0 radical (unpaired) electrons. The molecule has 0 unspecified atom stereocenters. The van der Waals surface area contributed by atoms with E-state index in [1.807, 2.05) is 24.3 Å². The van der Waals surface area contributed by atoms with Gasteiger partial charge in [0.05, 0.1) is 11.2 Å². The molecule has 4 aromatic rings. The third kappa shape index (κ3) is 4.31. The lowest BCUT2D eigenvalue weighted by atomic mass is 10.1. The summed E-state index contributed by atoms with van der Waals surface area (Å²) >= 11 is 6.39. The molecule has 0 aliphatic carbocycles. The largest absolute Gasteiger partial charge is 0.489 e. The van der Waals surface area contributed by atoms with Crippen molar-refractivity contribution >= 4 is 22.5 Å². The van der Waals surface area contributed by atoms with Crippen molar-refractivity contribution in [3.05, 3.63) is 89.4 Å². The zero-order valence-electron chi connectivity index (χ0n) is 16.8. The van der Waals surface area contributed by atoms with E-state index in [1.165, 1.54) is 5.56 Å². The maximum absolute atomic E-state index is 6.39. The molecule has 0 saturated carbocycles. The molecular formula is C25H25ClN2O. The molecule has 0 spiro atoms. The molecule has 1 heterocycles. The number of ether oxygens (including phenoxy) is 1. The van der Waals surface area contributed by atoms with Crippen LogP contribution in [0.5, 0.6) is 5.75 Å². The van der Waals surface area contributed by atoms with Gasteiger partial charge in [0.2, 0.25) is 0 Å². The number of rotatable bonds is 7. The number of nitrogens with zero attached hydrogens (tertiary/aromatic N) is 2. The summed E-state index contributed by atoms with van der Waals surface area (Å²) in [7, 11) is 4.11. The molecule has 1 aromatic heterocycles. The predicted molar refractivity (Wildman–Crippen MR) is 122 cm³/mol. The summed E-state index contributed by atoms with van der Waals surface area (Å²) < 4.78 is 8.68. The molecule has 0 amide bonds. The number of benzene rings is 3. The SMILES string of the molecule is CN(C)CCOc1c(-c2ccccc2)n(Cc2ccccc2)c2cc(Cl)ccc12. The second-order valence-electron chi connectivity index (χ2n) is 7.43. The Hall–Kier alpha value is -2.75. The van der Waals surface area contributed by atoms with E-state index < -0.39 is 0 Å². The average molecular weight is 405 g/mol. The highest BCUT2D eigenvalue weighted by Gasteiger charge is 2.20. The first-order valence-corrected chi connectivity index (χ1v) is 10.2. The third-order valence-electron chi connectivity index (χ3n) is 5.00. The van der Waals surface area contributed by atoms with Crippen LogP contribution in [0.3, 0.4) is 0 Å². The van der Waals surface area contributed by atoms with Gasteiger partial charge in [-0.2, -0.15) is 0 Å². The quantitative estimate of drug-likeness (QED) is 0.378. The maximum Gasteiger partial charge on any atom is 0.152 e. The summed E-state index contributed by atoms with van der Waals surface area (Å²) in [6.07, 6.45) is 0. The summed E-state index contributed by atoms with van der Waals surface area (Å²) in [6, 6.07) is 27.0. The van der Waals surface area contributed by atoms with Crippen molar-refractivity contribution in [2.45, 2.75) is 6.54 Å². The third-order valence-corrected chi connectivity index (χ3v) is 5.23. The fourth-order valence-corrected chi connectivity index (χ4v) is 3.75. The summed E-state index contributed by atoms with van der Waals surface area (Å²) in [5.41, 5.74) is 4.54. The number of aromatic nitrogens is 1. The van der Waals surface area contributed by atoms with Gasteiger partial charge in [0.15, 0.2) is 5.75 Å². The van der Waals surface area contributed by atoms with E-state index in [-0.39, 0.29) is 0 Å². The van der Waals surface area contributed by atoms with Gasteiger partial charge in [-0.3, -0.25) is 0 Å². The van der Waals surface area contributed by atoms with Crippen LogP contribution in [0.4, 0.5) is 0 Å². The monoisotopic (exact) mass is 404 g/mol. The molecule has 0 saturated heterocycles. The molecule has 0 fully saturated rings. The van der Waals surface area contributed by atoms with Crippen LogP contribution in [-0.4, -0.2) is 36.7 Å². The van der Waals surface area contributed by atoms with Gasteiger partial charge in [0.1, 0.15) is 6.61 Å². The number of likely N-dealkylation sites (N-methyl/N-ethyl adjacent to an activating group) is 1. The standard InChI is InChI=1S/C25H25ClN2O/c1-27(2)15-16-29-25-22-14-13-21(26)17-23(22)28(18-19-9-5-3-6-10-19)24(25)20-11-7-4-8-12-20/h3-14,17H,15-16,18H2,1-2H3. The second kappa shape index (κ2) is 8.73. The lowest BCUT2D eigenvalue weighted by Crippen LogP contribution is -2.19. The van der Waals surface area contributed by atoms with Crippen molar-refractivity contribution in [1.29, 1.82) is 0 Å². The van der Waals surface area contributed by atoms with Crippen molar-refractivity contribution in [2.75, 3.05) is 27.2 Å². The van der Waals surface area contributed by atoms with Crippen molar-refractivity contribution in [2.24, 2.45) is 0 Å². The van der Waals surface area contributed by atoms with Gasteiger partial charge in [0, 0.05) is 29.1 Å². The molecular weight excluding hydrogens is 380 g/mol. The van der Waals surface area contributed by atoms with E-state index in [4.69, 9.17) is 16.3 Å².